The van der Waals surface area contributed by atoms with Crippen LogP contribution in [0.2, 0.25) is 0 Å². The normalized spacial score (nSPS) is 16.9. The maximum atomic E-state index is 6.16. The van der Waals surface area contributed by atoms with E-state index in [-0.39, 0.29) is 6.10 Å². The van der Waals surface area contributed by atoms with E-state index in [9.17, 15) is 0 Å². The van der Waals surface area contributed by atoms with Crippen LogP contribution < -0.4 is 5.32 Å². The number of hydrogen-bond donors (Lipinski definition) is 1. The van der Waals surface area contributed by atoms with Crippen LogP contribution in [0, 0.1) is 12.8 Å². The first-order valence-corrected chi connectivity index (χ1v) is 8.18. The molecule has 1 aromatic rings. The smallest absolute Gasteiger partial charge is 0.0949 e. The van der Waals surface area contributed by atoms with Crippen LogP contribution in [0.25, 0.3) is 0 Å². The fraction of sp³-hybridized carbons (Fsp3) is 0.667. The van der Waals surface area contributed by atoms with Crippen LogP contribution in [0.4, 0.5) is 0 Å². The molecule has 0 heterocycles. The molecule has 1 fully saturated rings. The van der Waals surface area contributed by atoms with Crippen LogP contribution in [0.3, 0.4) is 0 Å². The summed E-state index contributed by atoms with van der Waals surface area (Å²) < 4.78 is 6.16. The number of aryl methyl sites for hydroxylation is 1. The van der Waals surface area contributed by atoms with E-state index in [1.54, 1.807) is 0 Å². The van der Waals surface area contributed by atoms with Crippen LogP contribution in [0.5, 0.6) is 0 Å². The summed E-state index contributed by atoms with van der Waals surface area (Å²) in [4.78, 5) is 0. The largest absolute Gasteiger partial charge is 0.372 e. The van der Waals surface area contributed by atoms with Crippen molar-refractivity contribution < 1.29 is 4.74 Å². The second-order valence-corrected chi connectivity index (χ2v) is 6.06. The number of rotatable bonds is 9. The predicted octanol–water partition coefficient (Wildman–Crippen LogP) is 4.24. The Morgan fingerprint density at radius 1 is 1.25 bits per heavy atom. The standard InChI is InChI=1S/C18H29NO/c1-3-12-19-14-18(17-9-7-15(2)8-10-17)20-13-11-16-5-4-6-16/h7-10,16,18-19H,3-6,11-14H2,1-2H3. The molecule has 2 heteroatoms. The van der Waals surface area contributed by atoms with Crippen LogP contribution in [0.1, 0.15) is 56.3 Å². The lowest BCUT2D eigenvalue weighted by Crippen LogP contribution is -2.25. The Labute approximate surface area is 123 Å². The Morgan fingerprint density at radius 2 is 2.00 bits per heavy atom. The second-order valence-electron chi connectivity index (χ2n) is 6.06. The summed E-state index contributed by atoms with van der Waals surface area (Å²) >= 11 is 0. The summed E-state index contributed by atoms with van der Waals surface area (Å²) in [6.07, 6.45) is 6.84. The molecule has 1 aromatic carbocycles. The summed E-state index contributed by atoms with van der Waals surface area (Å²) in [5.74, 6) is 0.928. The van der Waals surface area contributed by atoms with Crippen molar-refractivity contribution >= 4 is 0 Å². The average Bonchev–Trinajstić information content (AvgIpc) is 2.41. The lowest BCUT2D eigenvalue weighted by molar-refractivity contribution is 0.0373. The van der Waals surface area contributed by atoms with Gasteiger partial charge < -0.3 is 10.1 Å². The van der Waals surface area contributed by atoms with E-state index in [1.807, 2.05) is 0 Å². The van der Waals surface area contributed by atoms with Crippen molar-refractivity contribution in [3.63, 3.8) is 0 Å². The average molecular weight is 275 g/mol. The van der Waals surface area contributed by atoms with Crippen molar-refractivity contribution in [1.29, 1.82) is 0 Å². The molecule has 1 saturated carbocycles. The monoisotopic (exact) mass is 275 g/mol. The molecule has 0 bridgehead atoms. The Balaban J connectivity index is 1.83. The van der Waals surface area contributed by atoms with Gasteiger partial charge in [-0.25, -0.2) is 0 Å². The van der Waals surface area contributed by atoms with Crippen LogP contribution in [-0.4, -0.2) is 19.7 Å². The third-order valence-electron chi connectivity index (χ3n) is 4.28. The van der Waals surface area contributed by atoms with Gasteiger partial charge in [-0.1, -0.05) is 56.0 Å². The second kappa shape index (κ2) is 8.43. The number of hydrogen-bond acceptors (Lipinski definition) is 2. The zero-order chi connectivity index (χ0) is 14.2. The maximum absolute atomic E-state index is 6.16. The number of benzene rings is 1. The minimum Gasteiger partial charge on any atom is -0.372 e. The molecular weight excluding hydrogens is 246 g/mol. The van der Waals surface area contributed by atoms with Crippen molar-refractivity contribution in [1.82, 2.24) is 5.32 Å². The first-order chi connectivity index (χ1) is 9.79. The van der Waals surface area contributed by atoms with E-state index in [0.717, 1.165) is 25.6 Å². The number of nitrogens with one attached hydrogen (secondary N) is 1. The summed E-state index contributed by atoms with van der Waals surface area (Å²) in [6, 6.07) is 8.77. The minimum absolute atomic E-state index is 0.197. The number of ether oxygens (including phenoxy) is 1. The van der Waals surface area contributed by atoms with Gasteiger partial charge in [-0.2, -0.15) is 0 Å². The van der Waals surface area contributed by atoms with Gasteiger partial charge >= 0.3 is 0 Å². The highest BCUT2D eigenvalue weighted by Gasteiger charge is 2.18. The van der Waals surface area contributed by atoms with Gasteiger partial charge in [0.15, 0.2) is 0 Å². The molecule has 1 aliphatic rings. The first-order valence-electron chi connectivity index (χ1n) is 8.18. The third kappa shape index (κ3) is 4.92. The van der Waals surface area contributed by atoms with E-state index in [0.29, 0.717) is 0 Å². The molecule has 0 spiro atoms. The van der Waals surface area contributed by atoms with Gasteiger partial charge in [-0.3, -0.25) is 0 Å². The lowest BCUT2D eigenvalue weighted by atomic mass is 9.83. The van der Waals surface area contributed by atoms with Crippen molar-refractivity contribution in [2.75, 3.05) is 19.7 Å². The molecule has 0 radical (unpaired) electrons. The molecule has 112 valence electrons. The van der Waals surface area contributed by atoms with Gasteiger partial charge in [0.25, 0.3) is 0 Å². The highest BCUT2D eigenvalue weighted by Crippen LogP contribution is 2.30. The van der Waals surface area contributed by atoms with E-state index in [4.69, 9.17) is 4.74 Å². The zero-order valence-corrected chi connectivity index (χ0v) is 13.0. The molecule has 0 saturated heterocycles. The third-order valence-corrected chi connectivity index (χ3v) is 4.28. The topological polar surface area (TPSA) is 21.3 Å². The molecule has 0 amide bonds. The minimum atomic E-state index is 0.197. The van der Waals surface area contributed by atoms with Gasteiger partial charge in [-0.15, -0.1) is 0 Å². The summed E-state index contributed by atoms with van der Waals surface area (Å²) in [6.45, 7) is 7.21. The van der Waals surface area contributed by atoms with E-state index >= 15 is 0 Å². The van der Waals surface area contributed by atoms with Crippen LogP contribution >= 0.6 is 0 Å². The first kappa shape index (κ1) is 15.5. The summed E-state index contributed by atoms with van der Waals surface area (Å²) in [7, 11) is 0. The molecule has 1 atom stereocenters. The van der Waals surface area contributed by atoms with Gasteiger partial charge in [-0.05, 0) is 37.8 Å². The van der Waals surface area contributed by atoms with Crippen LogP contribution in [0.15, 0.2) is 24.3 Å². The van der Waals surface area contributed by atoms with Crippen LogP contribution in [-0.2, 0) is 4.74 Å². The maximum Gasteiger partial charge on any atom is 0.0949 e. The molecule has 1 unspecified atom stereocenters. The van der Waals surface area contributed by atoms with Crippen molar-refractivity contribution in [2.24, 2.45) is 5.92 Å². The summed E-state index contributed by atoms with van der Waals surface area (Å²) in [5, 5.41) is 3.49. The Hall–Kier alpha value is -0.860. The molecule has 20 heavy (non-hydrogen) atoms. The van der Waals surface area contributed by atoms with Gasteiger partial charge in [0.05, 0.1) is 6.10 Å². The molecule has 2 rings (SSSR count). The fourth-order valence-corrected chi connectivity index (χ4v) is 2.62. The Kier molecular flexibility index (Phi) is 6.55. The molecule has 0 aromatic heterocycles. The SMILES string of the molecule is CCCNCC(OCCC1CCC1)c1ccc(C)cc1. The van der Waals surface area contributed by atoms with E-state index in [2.05, 4.69) is 43.4 Å². The van der Waals surface area contributed by atoms with Gasteiger partial charge in [0.2, 0.25) is 0 Å². The molecule has 0 aliphatic heterocycles. The van der Waals surface area contributed by atoms with Crippen molar-refractivity contribution in [3.8, 4) is 0 Å². The Morgan fingerprint density at radius 3 is 2.60 bits per heavy atom. The molecule has 1 N–H and O–H groups in total. The summed E-state index contributed by atoms with van der Waals surface area (Å²) in [5.41, 5.74) is 2.61. The van der Waals surface area contributed by atoms with Crippen molar-refractivity contribution in [2.45, 2.75) is 52.1 Å². The quantitative estimate of drug-likeness (QED) is 0.681. The molecule has 1 aliphatic carbocycles. The molecule has 2 nitrogen and oxygen atoms in total. The lowest BCUT2D eigenvalue weighted by Gasteiger charge is -2.26. The van der Waals surface area contributed by atoms with E-state index in [1.165, 1.54) is 43.2 Å². The highest BCUT2D eigenvalue weighted by molar-refractivity contribution is 5.23. The van der Waals surface area contributed by atoms with E-state index < -0.39 is 0 Å². The zero-order valence-electron chi connectivity index (χ0n) is 13.0. The predicted molar refractivity (Wildman–Crippen MR) is 85.0 cm³/mol. The van der Waals surface area contributed by atoms with Gasteiger partial charge in [0, 0.05) is 13.2 Å². The molecular formula is C18H29NO. The van der Waals surface area contributed by atoms with Crippen molar-refractivity contribution in [3.05, 3.63) is 35.4 Å². The fourth-order valence-electron chi connectivity index (χ4n) is 2.62. The van der Waals surface area contributed by atoms with Gasteiger partial charge in [0.1, 0.15) is 0 Å². The Bertz CT molecular complexity index is 370. The highest BCUT2D eigenvalue weighted by atomic mass is 16.5.